The Kier molecular flexibility index (Phi) is 5.25. The van der Waals surface area contributed by atoms with Crippen LogP contribution in [0, 0.1) is 5.92 Å². The molecule has 0 spiro atoms. The third-order valence-corrected chi connectivity index (χ3v) is 4.02. The Morgan fingerprint density at radius 3 is 3.11 bits per heavy atom. The van der Waals surface area contributed by atoms with Crippen LogP contribution in [-0.4, -0.2) is 30.6 Å². The Labute approximate surface area is 123 Å². The van der Waals surface area contributed by atoms with Crippen molar-refractivity contribution < 1.29 is 4.79 Å². The van der Waals surface area contributed by atoms with Gasteiger partial charge in [-0.3, -0.25) is 0 Å². The standard InChI is InChI=1S/C15H21BrN2O/c1-12-4-3-9-18(11-12)15(19)17-8-7-13-5-2-6-14(16)10-13/h2,5-6,10,12H,3-4,7-9,11H2,1H3,(H,17,19). The zero-order valence-electron chi connectivity index (χ0n) is 11.4. The highest BCUT2D eigenvalue weighted by Crippen LogP contribution is 2.15. The van der Waals surface area contributed by atoms with E-state index < -0.39 is 0 Å². The van der Waals surface area contributed by atoms with Gasteiger partial charge in [0.25, 0.3) is 0 Å². The molecule has 0 radical (unpaired) electrons. The van der Waals surface area contributed by atoms with E-state index >= 15 is 0 Å². The van der Waals surface area contributed by atoms with Crippen LogP contribution in [0.2, 0.25) is 0 Å². The van der Waals surface area contributed by atoms with Crippen molar-refractivity contribution in [3.63, 3.8) is 0 Å². The molecule has 1 heterocycles. The summed E-state index contributed by atoms with van der Waals surface area (Å²) in [6.45, 7) is 4.69. The fraction of sp³-hybridized carbons (Fsp3) is 0.533. The molecule has 0 saturated carbocycles. The predicted molar refractivity (Wildman–Crippen MR) is 81.2 cm³/mol. The van der Waals surface area contributed by atoms with Gasteiger partial charge in [-0.05, 0) is 42.9 Å². The van der Waals surface area contributed by atoms with Gasteiger partial charge in [0.1, 0.15) is 0 Å². The van der Waals surface area contributed by atoms with Crippen LogP contribution in [0.5, 0.6) is 0 Å². The summed E-state index contributed by atoms with van der Waals surface area (Å²) in [6, 6.07) is 8.29. The summed E-state index contributed by atoms with van der Waals surface area (Å²) in [7, 11) is 0. The minimum Gasteiger partial charge on any atom is -0.338 e. The molecule has 4 heteroatoms. The average molecular weight is 325 g/mol. The van der Waals surface area contributed by atoms with Gasteiger partial charge in [0.05, 0.1) is 0 Å². The first-order chi connectivity index (χ1) is 9.15. The molecule has 1 aliphatic heterocycles. The largest absolute Gasteiger partial charge is 0.338 e. The number of benzene rings is 1. The molecule has 1 aromatic carbocycles. The normalized spacial score (nSPS) is 19.3. The van der Waals surface area contributed by atoms with Gasteiger partial charge in [-0.15, -0.1) is 0 Å². The molecule has 0 aromatic heterocycles. The van der Waals surface area contributed by atoms with Gasteiger partial charge in [0.2, 0.25) is 0 Å². The van der Waals surface area contributed by atoms with Crippen LogP contribution in [0.3, 0.4) is 0 Å². The summed E-state index contributed by atoms with van der Waals surface area (Å²) in [5, 5.41) is 3.01. The van der Waals surface area contributed by atoms with Crippen molar-refractivity contribution in [2.24, 2.45) is 5.92 Å². The summed E-state index contributed by atoms with van der Waals surface area (Å²) in [5.74, 6) is 0.629. The first-order valence-electron chi connectivity index (χ1n) is 6.92. The molecule has 1 aromatic rings. The number of rotatable bonds is 3. The van der Waals surface area contributed by atoms with Crippen molar-refractivity contribution in [2.45, 2.75) is 26.2 Å². The first kappa shape index (κ1) is 14.4. The quantitative estimate of drug-likeness (QED) is 0.907. The maximum atomic E-state index is 12.0. The van der Waals surface area contributed by atoms with Crippen molar-refractivity contribution >= 4 is 22.0 Å². The summed E-state index contributed by atoms with van der Waals surface area (Å²) >= 11 is 3.46. The molecular formula is C15H21BrN2O. The number of likely N-dealkylation sites (tertiary alicyclic amines) is 1. The van der Waals surface area contributed by atoms with Crippen molar-refractivity contribution in [3.8, 4) is 0 Å². The van der Waals surface area contributed by atoms with Crippen LogP contribution in [0.4, 0.5) is 4.79 Å². The smallest absolute Gasteiger partial charge is 0.317 e. The Bertz CT molecular complexity index is 436. The van der Waals surface area contributed by atoms with Gasteiger partial charge in [-0.2, -0.15) is 0 Å². The van der Waals surface area contributed by atoms with E-state index in [4.69, 9.17) is 0 Å². The lowest BCUT2D eigenvalue weighted by molar-refractivity contribution is 0.170. The lowest BCUT2D eigenvalue weighted by atomic mass is 10.0. The monoisotopic (exact) mass is 324 g/mol. The highest BCUT2D eigenvalue weighted by atomic mass is 79.9. The number of carbonyl (C=O) groups excluding carboxylic acids is 1. The third-order valence-electron chi connectivity index (χ3n) is 3.52. The molecule has 1 N–H and O–H groups in total. The molecule has 3 nitrogen and oxygen atoms in total. The molecule has 104 valence electrons. The van der Waals surface area contributed by atoms with Crippen molar-refractivity contribution in [1.82, 2.24) is 10.2 Å². The van der Waals surface area contributed by atoms with Gasteiger partial charge in [-0.1, -0.05) is 35.0 Å². The van der Waals surface area contributed by atoms with Crippen molar-refractivity contribution in [2.75, 3.05) is 19.6 Å². The number of hydrogen-bond acceptors (Lipinski definition) is 1. The minimum absolute atomic E-state index is 0.0848. The molecule has 1 atom stereocenters. The second kappa shape index (κ2) is 6.94. The lowest BCUT2D eigenvalue weighted by Gasteiger charge is -2.30. The van der Waals surface area contributed by atoms with Crippen LogP contribution < -0.4 is 5.32 Å². The second-order valence-electron chi connectivity index (χ2n) is 5.31. The Morgan fingerprint density at radius 1 is 1.53 bits per heavy atom. The first-order valence-corrected chi connectivity index (χ1v) is 7.71. The molecule has 1 saturated heterocycles. The number of nitrogens with one attached hydrogen (secondary N) is 1. The Morgan fingerprint density at radius 2 is 2.37 bits per heavy atom. The maximum Gasteiger partial charge on any atom is 0.317 e. The topological polar surface area (TPSA) is 32.3 Å². The molecule has 1 aliphatic rings. The zero-order chi connectivity index (χ0) is 13.7. The van der Waals surface area contributed by atoms with Crippen LogP contribution in [0.25, 0.3) is 0 Å². The molecule has 2 rings (SSSR count). The summed E-state index contributed by atoms with van der Waals surface area (Å²) in [5.41, 5.74) is 1.24. The van der Waals surface area contributed by atoms with Gasteiger partial charge < -0.3 is 10.2 Å². The third kappa shape index (κ3) is 4.53. The zero-order valence-corrected chi connectivity index (χ0v) is 12.9. The molecule has 0 aliphatic carbocycles. The summed E-state index contributed by atoms with van der Waals surface area (Å²) in [4.78, 5) is 13.9. The van der Waals surface area contributed by atoms with E-state index in [9.17, 15) is 4.79 Å². The van der Waals surface area contributed by atoms with Gasteiger partial charge in [0.15, 0.2) is 0 Å². The highest BCUT2D eigenvalue weighted by Gasteiger charge is 2.20. The van der Waals surface area contributed by atoms with Crippen LogP contribution in [-0.2, 0) is 6.42 Å². The molecule has 2 amide bonds. The average Bonchev–Trinajstić information content (AvgIpc) is 2.38. The number of nitrogens with zero attached hydrogens (tertiary/aromatic N) is 1. The van der Waals surface area contributed by atoms with E-state index in [1.54, 1.807) is 0 Å². The number of halogens is 1. The number of hydrogen-bond donors (Lipinski definition) is 1. The fourth-order valence-electron chi connectivity index (χ4n) is 2.49. The van der Waals surface area contributed by atoms with E-state index in [0.717, 1.165) is 30.4 Å². The van der Waals surface area contributed by atoms with Crippen molar-refractivity contribution in [3.05, 3.63) is 34.3 Å². The van der Waals surface area contributed by atoms with Crippen LogP contribution >= 0.6 is 15.9 Å². The SMILES string of the molecule is CC1CCCN(C(=O)NCCc2cccc(Br)c2)C1. The fourth-order valence-corrected chi connectivity index (χ4v) is 2.94. The van der Waals surface area contributed by atoms with E-state index in [1.165, 1.54) is 12.0 Å². The summed E-state index contributed by atoms with van der Waals surface area (Å²) < 4.78 is 1.08. The molecule has 19 heavy (non-hydrogen) atoms. The number of piperidine rings is 1. The van der Waals surface area contributed by atoms with E-state index in [1.807, 2.05) is 17.0 Å². The molecular weight excluding hydrogens is 304 g/mol. The molecule has 1 fully saturated rings. The maximum absolute atomic E-state index is 12.0. The lowest BCUT2D eigenvalue weighted by Crippen LogP contribution is -2.45. The Balaban J connectivity index is 1.74. The molecule has 1 unspecified atom stereocenters. The van der Waals surface area contributed by atoms with E-state index in [0.29, 0.717) is 12.5 Å². The number of amides is 2. The van der Waals surface area contributed by atoms with Gasteiger partial charge in [-0.25, -0.2) is 4.79 Å². The number of urea groups is 1. The van der Waals surface area contributed by atoms with Gasteiger partial charge >= 0.3 is 6.03 Å². The predicted octanol–water partition coefficient (Wildman–Crippen LogP) is 3.43. The van der Waals surface area contributed by atoms with E-state index in [2.05, 4.69) is 40.3 Å². The van der Waals surface area contributed by atoms with Crippen LogP contribution in [0.15, 0.2) is 28.7 Å². The van der Waals surface area contributed by atoms with Crippen LogP contribution in [0.1, 0.15) is 25.3 Å². The second-order valence-corrected chi connectivity index (χ2v) is 6.22. The van der Waals surface area contributed by atoms with E-state index in [-0.39, 0.29) is 6.03 Å². The van der Waals surface area contributed by atoms with Gasteiger partial charge in [0, 0.05) is 24.1 Å². The van der Waals surface area contributed by atoms with Crippen molar-refractivity contribution in [1.29, 1.82) is 0 Å². The highest BCUT2D eigenvalue weighted by molar-refractivity contribution is 9.10. The summed E-state index contributed by atoms with van der Waals surface area (Å²) in [6.07, 6.45) is 3.23. The molecule has 0 bridgehead atoms. The Hall–Kier alpha value is -1.03. The number of carbonyl (C=O) groups is 1. The minimum atomic E-state index is 0.0848.